The third-order valence-corrected chi connectivity index (χ3v) is 5.34. The first-order chi connectivity index (χ1) is 17.3. The fourth-order valence-corrected chi connectivity index (χ4v) is 3.69. The summed E-state index contributed by atoms with van der Waals surface area (Å²) in [5.74, 6) is 1.07. The molecule has 1 aromatic carbocycles. The summed E-state index contributed by atoms with van der Waals surface area (Å²) in [6, 6.07) is 4.60. The maximum absolute atomic E-state index is 14.0. The van der Waals surface area contributed by atoms with E-state index in [-0.39, 0.29) is 31.3 Å². The maximum Gasteiger partial charge on any atom is 0.408 e. The zero-order chi connectivity index (χ0) is 28.2. The number of amides is 4. The van der Waals surface area contributed by atoms with Gasteiger partial charge in [-0.15, -0.1) is 6.42 Å². The smallest absolute Gasteiger partial charge is 0.408 e. The van der Waals surface area contributed by atoms with Crippen LogP contribution in [0.5, 0.6) is 0 Å². The van der Waals surface area contributed by atoms with Gasteiger partial charge in [0.25, 0.3) is 0 Å². The Hall–Kier alpha value is -3.54. The molecule has 0 radical (unpaired) electrons. The van der Waals surface area contributed by atoms with E-state index < -0.39 is 35.6 Å². The van der Waals surface area contributed by atoms with Crippen LogP contribution < -0.4 is 16.4 Å². The van der Waals surface area contributed by atoms with Crippen molar-refractivity contribution in [2.45, 2.75) is 97.4 Å². The van der Waals surface area contributed by atoms with Crippen LogP contribution in [0.3, 0.4) is 0 Å². The molecule has 9 heteroatoms. The predicted molar refractivity (Wildman–Crippen MR) is 143 cm³/mol. The van der Waals surface area contributed by atoms with E-state index in [0.717, 1.165) is 12.8 Å². The molecular formula is C28H42N4O5. The summed E-state index contributed by atoms with van der Waals surface area (Å²) in [6.07, 6.45) is 6.92. The van der Waals surface area contributed by atoms with Gasteiger partial charge in [-0.05, 0) is 65.2 Å². The number of terminal acetylenes is 1. The summed E-state index contributed by atoms with van der Waals surface area (Å²) in [6.45, 7) is 11.1. The summed E-state index contributed by atoms with van der Waals surface area (Å²) < 4.78 is 5.34. The van der Waals surface area contributed by atoms with Crippen molar-refractivity contribution >= 4 is 23.8 Å². The molecule has 9 nitrogen and oxygen atoms in total. The van der Waals surface area contributed by atoms with Crippen molar-refractivity contribution in [2.24, 2.45) is 5.73 Å². The molecule has 2 atom stereocenters. The largest absolute Gasteiger partial charge is 0.444 e. The van der Waals surface area contributed by atoms with Gasteiger partial charge in [-0.1, -0.05) is 37.8 Å². The topological polar surface area (TPSA) is 131 Å². The van der Waals surface area contributed by atoms with Crippen molar-refractivity contribution in [3.8, 4) is 12.3 Å². The Kier molecular flexibility index (Phi) is 12.7. The van der Waals surface area contributed by atoms with E-state index in [9.17, 15) is 19.2 Å². The van der Waals surface area contributed by atoms with Gasteiger partial charge in [0.15, 0.2) is 0 Å². The summed E-state index contributed by atoms with van der Waals surface area (Å²) in [4.78, 5) is 53.0. The molecule has 0 bridgehead atoms. The Morgan fingerprint density at radius 2 is 1.70 bits per heavy atom. The lowest BCUT2D eigenvalue weighted by Gasteiger charge is -2.35. The van der Waals surface area contributed by atoms with Crippen molar-refractivity contribution in [1.29, 1.82) is 0 Å². The molecule has 4 N–H and O–H groups in total. The minimum atomic E-state index is -1.12. The molecule has 0 saturated carbocycles. The molecule has 2 unspecified atom stereocenters. The van der Waals surface area contributed by atoms with Crippen LogP contribution in [-0.4, -0.2) is 52.9 Å². The van der Waals surface area contributed by atoms with Crippen molar-refractivity contribution in [3.63, 3.8) is 0 Å². The summed E-state index contributed by atoms with van der Waals surface area (Å²) in [7, 11) is 0. The van der Waals surface area contributed by atoms with Crippen LogP contribution in [0.15, 0.2) is 24.3 Å². The molecule has 0 fully saturated rings. The molecule has 0 aromatic heterocycles. The van der Waals surface area contributed by atoms with Gasteiger partial charge in [0.05, 0.1) is 0 Å². The average molecular weight is 515 g/mol. The summed E-state index contributed by atoms with van der Waals surface area (Å²) in [5.41, 5.74) is 5.77. The Bertz CT molecular complexity index is 960. The summed E-state index contributed by atoms with van der Waals surface area (Å²) in [5, 5.41) is 5.48. The van der Waals surface area contributed by atoms with Gasteiger partial charge in [0.1, 0.15) is 17.7 Å². The quantitative estimate of drug-likeness (QED) is 0.274. The highest BCUT2D eigenvalue weighted by atomic mass is 16.6. The van der Waals surface area contributed by atoms with Crippen molar-refractivity contribution in [3.05, 3.63) is 35.4 Å². The van der Waals surface area contributed by atoms with Crippen molar-refractivity contribution in [2.75, 3.05) is 6.54 Å². The third kappa shape index (κ3) is 11.4. The van der Waals surface area contributed by atoms with E-state index in [2.05, 4.69) is 16.6 Å². The number of rotatable bonds is 13. The summed E-state index contributed by atoms with van der Waals surface area (Å²) >= 11 is 0. The molecule has 4 amide bonds. The number of hydrogen-bond acceptors (Lipinski definition) is 5. The van der Waals surface area contributed by atoms with Crippen molar-refractivity contribution in [1.82, 2.24) is 15.5 Å². The normalized spacial score (nSPS) is 12.7. The highest BCUT2D eigenvalue weighted by Gasteiger charge is 2.36. The molecule has 0 aliphatic rings. The molecular weight excluding hydrogens is 472 g/mol. The van der Waals surface area contributed by atoms with Gasteiger partial charge in [-0.3, -0.25) is 14.4 Å². The highest BCUT2D eigenvalue weighted by molar-refractivity contribution is 5.92. The molecule has 37 heavy (non-hydrogen) atoms. The van der Waals surface area contributed by atoms with E-state index >= 15 is 0 Å². The lowest BCUT2D eigenvalue weighted by Crippen LogP contribution is -2.54. The Morgan fingerprint density at radius 3 is 2.19 bits per heavy atom. The first kappa shape index (κ1) is 31.5. The highest BCUT2D eigenvalue weighted by Crippen LogP contribution is 2.25. The first-order valence-electron chi connectivity index (χ1n) is 12.7. The van der Waals surface area contributed by atoms with E-state index in [0.29, 0.717) is 17.5 Å². The molecule has 0 saturated heterocycles. The number of hydrogen-bond donors (Lipinski definition) is 3. The lowest BCUT2D eigenvalue weighted by atomic mass is 9.99. The molecule has 0 aliphatic carbocycles. The molecule has 204 valence electrons. The van der Waals surface area contributed by atoms with Gasteiger partial charge in [-0.2, -0.15) is 0 Å². The van der Waals surface area contributed by atoms with Crippen LogP contribution in [0.1, 0.15) is 90.8 Å². The number of carbonyl (C=O) groups excluding carboxylic acids is 4. The fourth-order valence-electron chi connectivity index (χ4n) is 3.69. The zero-order valence-corrected chi connectivity index (χ0v) is 22.9. The van der Waals surface area contributed by atoms with Gasteiger partial charge in [-0.25, -0.2) is 4.79 Å². The van der Waals surface area contributed by atoms with E-state index in [1.54, 1.807) is 45.0 Å². The predicted octanol–water partition coefficient (Wildman–Crippen LogP) is 3.41. The van der Waals surface area contributed by atoms with Gasteiger partial charge < -0.3 is 26.0 Å². The van der Waals surface area contributed by atoms with Crippen LogP contribution in [0.2, 0.25) is 0 Å². The van der Waals surface area contributed by atoms with Crippen LogP contribution in [0.4, 0.5) is 4.79 Å². The minimum absolute atomic E-state index is 0.0355. The number of benzene rings is 1. The SMILES string of the molecule is C#Cc1ccc(C(C(=O)NC(C)C)N(CCCCC)C(=O)C(CCC(N)=O)NC(=O)OC(C)(C)C)cc1. The number of carbonyl (C=O) groups is 4. The Balaban J connectivity index is 3.50. The number of nitrogens with one attached hydrogen (secondary N) is 2. The molecule has 1 aromatic rings. The second-order valence-electron chi connectivity index (χ2n) is 10.3. The van der Waals surface area contributed by atoms with Crippen LogP contribution in [-0.2, 0) is 19.1 Å². The number of unbranched alkanes of at least 4 members (excludes halogenated alkanes) is 2. The van der Waals surface area contributed by atoms with Crippen LogP contribution in [0, 0.1) is 12.3 Å². The monoisotopic (exact) mass is 514 g/mol. The van der Waals surface area contributed by atoms with Crippen LogP contribution in [0.25, 0.3) is 0 Å². The lowest BCUT2D eigenvalue weighted by molar-refractivity contribution is -0.143. The van der Waals surface area contributed by atoms with Gasteiger partial charge >= 0.3 is 6.09 Å². The number of ether oxygens (including phenoxy) is 1. The van der Waals surface area contributed by atoms with E-state index in [4.69, 9.17) is 16.9 Å². The number of alkyl carbamates (subject to hydrolysis) is 1. The van der Waals surface area contributed by atoms with E-state index in [1.807, 2.05) is 20.8 Å². The van der Waals surface area contributed by atoms with E-state index in [1.165, 1.54) is 4.90 Å². The van der Waals surface area contributed by atoms with Crippen LogP contribution >= 0.6 is 0 Å². The minimum Gasteiger partial charge on any atom is -0.444 e. The fraction of sp³-hybridized carbons (Fsp3) is 0.571. The third-order valence-electron chi connectivity index (χ3n) is 5.34. The molecule has 0 aliphatic heterocycles. The maximum atomic E-state index is 14.0. The second kappa shape index (κ2) is 14.9. The molecule has 0 heterocycles. The van der Waals surface area contributed by atoms with Crippen molar-refractivity contribution < 1.29 is 23.9 Å². The Morgan fingerprint density at radius 1 is 1.08 bits per heavy atom. The zero-order valence-electron chi connectivity index (χ0n) is 22.9. The number of nitrogens with two attached hydrogens (primary N) is 1. The van der Waals surface area contributed by atoms with Gasteiger partial charge in [0, 0.05) is 24.6 Å². The number of primary amides is 1. The first-order valence-corrected chi connectivity index (χ1v) is 12.7. The number of nitrogens with zero attached hydrogens (tertiary/aromatic N) is 1. The second-order valence-corrected chi connectivity index (χ2v) is 10.3. The van der Waals surface area contributed by atoms with Gasteiger partial charge in [0.2, 0.25) is 17.7 Å². The molecule has 1 rings (SSSR count). The average Bonchev–Trinajstić information content (AvgIpc) is 2.79. The molecule has 0 spiro atoms. The Labute approximate surface area is 220 Å². The standard InChI is InChI=1S/C28H42N4O5/c1-8-10-11-18-32(24(25(34)30-19(3)4)21-14-12-20(9-2)13-15-21)26(35)22(16-17-23(29)33)31-27(36)37-28(5,6)7/h2,12-15,19,22,24H,8,10-11,16-18H2,1,3-7H3,(H2,29,33)(H,30,34)(H,31,36).